The van der Waals surface area contributed by atoms with Crippen LogP contribution in [-0.2, 0) is 6.18 Å². The molecule has 0 unspecified atom stereocenters. The summed E-state index contributed by atoms with van der Waals surface area (Å²) in [4.78, 5) is 4.51. The van der Waals surface area contributed by atoms with Crippen molar-refractivity contribution in [2.45, 2.75) is 13.1 Å². The molecule has 2 aromatic carbocycles. The minimum Gasteiger partial charge on any atom is -0.280 e. The van der Waals surface area contributed by atoms with Gasteiger partial charge in [-0.1, -0.05) is 42.5 Å². The van der Waals surface area contributed by atoms with Crippen LogP contribution in [0.4, 0.5) is 13.2 Å². The molecule has 0 aliphatic rings. The molecule has 0 aliphatic carbocycles. The lowest BCUT2D eigenvalue weighted by atomic mass is 9.98. The summed E-state index contributed by atoms with van der Waals surface area (Å²) >= 11 is 0. The lowest BCUT2D eigenvalue weighted by molar-refractivity contribution is -0.137. The SMILES string of the molecule is Cc1[nH]nc2c1nc(-c1ccccc1C(F)(F)F)c1ccccc12. The number of fused-ring (bicyclic) bond motifs is 3. The second-order valence-corrected chi connectivity index (χ2v) is 5.60. The summed E-state index contributed by atoms with van der Waals surface area (Å²) in [5, 5.41) is 8.52. The van der Waals surface area contributed by atoms with Crippen LogP contribution in [0.5, 0.6) is 0 Å². The van der Waals surface area contributed by atoms with Gasteiger partial charge in [0.25, 0.3) is 0 Å². The number of pyridine rings is 1. The number of H-pyrrole nitrogens is 1. The first-order valence-electron chi connectivity index (χ1n) is 7.37. The molecule has 4 aromatic rings. The van der Waals surface area contributed by atoms with Gasteiger partial charge in [0.2, 0.25) is 0 Å². The van der Waals surface area contributed by atoms with E-state index >= 15 is 0 Å². The van der Waals surface area contributed by atoms with Crippen molar-refractivity contribution in [3.05, 3.63) is 59.8 Å². The van der Waals surface area contributed by atoms with Crippen molar-refractivity contribution in [1.29, 1.82) is 0 Å². The summed E-state index contributed by atoms with van der Waals surface area (Å²) in [6.45, 7) is 1.80. The first kappa shape index (κ1) is 14.7. The molecule has 0 radical (unpaired) electrons. The first-order valence-corrected chi connectivity index (χ1v) is 7.37. The number of aromatic nitrogens is 3. The molecule has 0 saturated carbocycles. The van der Waals surface area contributed by atoms with Crippen molar-refractivity contribution < 1.29 is 13.2 Å². The van der Waals surface area contributed by atoms with Crippen LogP contribution in [0.25, 0.3) is 33.1 Å². The number of nitrogens with one attached hydrogen (secondary N) is 1. The van der Waals surface area contributed by atoms with Crippen LogP contribution in [-0.4, -0.2) is 15.2 Å². The Balaban J connectivity index is 2.16. The molecule has 0 bridgehead atoms. The number of aryl methyl sites for hydroxylation is 1. The Bertz CT molecular complexity index is 1060. The molecule has 120 valence electrons. The largest absolute Gasteiger partial charge is 0.417 e. The molecule has 6 heteroatoms. The summed E-state index contributed by atoms with van der Waals surface area (Å²) in [5.74, 6) is 0. The summed E-state index contributed by atoms with van der Waals surface area (Å²) in [5.41, 5.74) is 1.67. The van der Waals surface area contributed by atoms with E-state index in [2.05, 4.69) is 15.2 Å². The maximum Gasteiger partial charge on any atom is 0.417 e. The van der Waals surface area contributed by atoms with Gasteiger partial charge in [-0.3, -0.25) is 5.10 Å². The van der Waals surface area contributed by atoms with Gasteiger partial charge < -0.3 is 0 Å². The van der Waals surface area contributed by atoms with Gasteiger partial charge in [-0.05, 0) is 13.0 Å². The number of hydrogen-bond donors (Lipinski definition) is 1. The molecule has 0 fully saturated rings. The molecule has 4 rings (SSSR count). The van der Waals surface area contributed by atoms with Gasteiger partial charge >= 0.3 is 6.18 Å². The van der Waals surface area contributed by atoms with Crippen LogP contribution >= 0.6 is 0 Å². The number of benzene rings is 2. The van der Waals surface area contributed by atoms with E-state index in [1.54, 1.807) is 25.1 Å². The Hall–Kier alpha value is -2.89. The highest BCUT2D eigenvalue weighted by Gasteiger charge is 2.34. The zero-order valence-electron chi connectivity index (χ0n) is 12.6. The normalized spacial score (nSPS) is 12.2. The van der Waals surface area contributed by atoms with Crippen LogP contribution in [0.15, 0.2) is 48.5 Å². The smallest absolute Gasteiger partial charge is 0.280 e. The van der Waals surface area contributed by atoms with E-state index in [1.807, 2.05) is 12.1 Å². The highest BCUT2D eigenvalue weighted by Crippen LogP contribution is 2.39. The van der Waals surface area contributed by atoms with Crippen molar-refractivity contribution >= 4 is 21.8 Å². The highest BCUT2D eigenvalue weighted by atomic mass is 19.4. The standard InChI is InChI=1S/C18H12F3N3/c1-10-15-17(24-23-10)12-7-3-2-6-11(12)16(22-15)13-8-4-5-9-14(13)18(19,20)21/h2-9H,1H3,(H,23,24). The monoisotopic (exact) mass is 327 g/mol. The fourth-order valence-electron chi connectivity index (χ4n) is 2.96. The lowest BCUT2D eigenvalue weighted by Crippen LogP contribution is -2.07. The van der Waals surface area contributed by atoms with Crippen molar-refractivity contribution in [1.82, 2.24) is 15.2 Å². The minimum atomic E-state index is -4.44. The molecular formula is C18H12F3N3. The summed E-state index contributed by atoms with van der Waals surface area (Å²) < 4.78 is 40.3. The van der Waals surface area contributed by atoms with E-state index in [0.29, 0.717) is 22.1 Å². The van der Waals surface area contributed by atoms with Crippen LogP contribution in [0.1, 0.15) is 11.3 Å². The van der Waals surface area contributed by atoms with E-state index in [4.69, 9.17) is 0 Å². The van der Waals surface area contributed by atoms with E-state index < -0.39 is 11.7 Å². The molecule has 0 amide bonds. The first-order chi connectivity index (χ1) is 11.5. The number of hydrogen-bond acceptors (Lipinski definition) is 2. The van der Waals surface area contributed by atoms with Gasteiger partial charge in [0.1, 0.15) is 11.0 Å². The Morgan fingerprint density at radius 1 is 0.875 bits per heavy atom. The molecule has 24 heavy (non-hydrogen) atoms. The van der Waals surface area contributed by atoms with Gasteiger partial charge in [-0.2, -0.15) is 18.3 Å². The van der Waals surface area contributed by atoms with E-state index in [0.717, 1.165) is 17.1 Å². The van der Waals surface area contributed by atoms with Crippen LogP contribution in [0.2, 0.25) is 0 Å². The summed E-state index contributed by atoms with van der Waals surface area (Å²) in [6, 6.07) is 12.8. The van der Waals surface area contributed by atoms with Gasteiger partial charge in [0.05, 0.1) is 17.0 Å². The van der Waals surface area contributed by atoms with Crippen LogP contribution in [0, 0.1) is 6.92 Å². The molecule has 2 aromatic heterocycles. The maximum atomic E-state index is 13.4. The Morgan fingerprint density at radius 2 is 1.54 bits per heavy atom. The number of rotatable bonds is 1. The Labute approximate surface area is 135 Å². The predicted octanol–water partition coefficient (Wildman–Crippen LogP) is 5.11. The molecule has 0 spiro atoms. The number of aromatic amines is 1. The van der Waals surface area contributed by atoms with Crippen molar-refractivity contribution in [3.8, 4) is 11.3 Å². The van der Waals surface area contributed by atoms with Crippen LogP contribution < -0.4 is 0 Å². The summed E-state index contributed by atoms with van der Waals surface area (Å²) in [6.07, 6.45) is -4.44. The van der Waals surface area contributed by atoms with Crippen LogP contribution in [0.3, 0.4) is 0 Å². The topological polar surface area (TPSA) is 41.6 Å². The Kier molecular flexibility index (Phi) is 3.09. The Morgan fingerprint density at radius 3 is 2.29 bits per heavy atom. The third-order valence-electron chi connectivity index (χ3n) is 4.06. The maximum absolute atomic E-state index is 13.4. The second-order valence-electron chi connectivity index (χ2n) is 5.60. The van der Waals surface area contributed by atoms with Crippen molar-refractivity contribution in [3.63, 3.8) is 0 Å². The molecular weight excluding hydrogens is 315 g/mol. The fourth-order valence-corrected chi connectivity index (χ4v) is 2.96. The molecule has 0 atom stereocenters. The average Bonchev–Trinajstić information content (AvgIpc) is 2.95. The molecule has 0 aliphatic heterocycles. The van der Waals surface area contributed by atoms with Gasteiger partial charge in [-0.15, -0.1) is 0 Å². The van der Waals surface area contributed by atoms with Gasteiger partial charge in [-0.25, -0.2) is 4.98 Å². The molecule has 0 saturated heterocycles. The predicted molar refractivity (Wildman–Crippen MR) is 86.6 cm³/mol. The number of nitrogens with zero attached hydrogens (tertiary/aromatic N) is 2. The zero-order valence-corrected chi connectivity index (χ0v) is 12.6. The van der Waals surface area contributed by atoms with Crippen molar-refractivity contribution in [2.75, 3.05) is 0 Å². The summed E-state index contributed by atoms with van der Waals surface area (Å²) in [7, 11) is 0. The second kappa shape index (κ2) is 5.06. The van der Waals surface area contributed by atoms with Gasteiger partial charge in [0.15, 0.2) is 0 Å². The zero-order chi connectivity index (χ0) is 16.9. The van der Waals surface area contributed by atoms with E-state index in [9.17, 15) is 13.2 Å². The quantitative estimate of drug-likeness (QED) is 0.528. The average molecular weight is 327 g/mol. The highest BCUT2D eigenvalue weighted by molar-refractivity contribution is 6.09. The minimum absolute atomic E-state index is 0.0729. The van der Waals surface area contributed by atoms with Crippen molar-refractivity contribution in [2.24, 2.45) is 0 Å². The third kappa shape index (κ3) is 2.14. The van der Waals surface area contributed by atoms with E-state index in [1.165, 1.54) is 12.1 Å². The molecule has 2 heterocycles. The molecule has 1 N–H and O–H groups in total. The number of halogens is 3. The van der Waals surface area contributed by atoms with Gasteiger partial charge in [0, 0.05) is 16.3 Å². The fraction of sp³-hybridized carbons (Fsp3) is 0.111. The third-order valence-corrected chi connectivity index (χ3v) is 4.06. The lowest BCUT2D eigenvalue weighted by Gasteiger charge is -2.14. The molecule has 3 nitrogen and oxygen atoms in total. The number of alkyl halides is 3. The van der Waals surface area contributed by atoms with E-state index in [-0.39, 0.29) is 5.56 Å².